The van der Waals surface area contributed by atoms with Crippen molar-refractivity contribution in [3.05, 3.63) is 22.2 Å². The number of carbonyl (C=O) groups is 2. The van der Waals surface area contributed by atoms with E-state index in [4.69, 9.17) is 23.2 Å². The standard InChI is InChI=1S/C9H6Cl2N2O3/c10-4-1-6-7(2-5(4)11)13-9(16-3-14)8(15)12-6/h1-3,9,13H,(H,12,15). The van der Waals surface area contributed by atoms with Crippen molar-refractivity contribution in [2.24, 2.45) is 0 Å². The van der Waals surface area contributed by atoms with Crippen LogP contribution in [0.4, 0.5) is 11.4 Å². The van der Waals surface area contributed by atoms with Gasteiger partial charge in [-0.2, -0.15) is 0 Å². The second-order valence-electron chi connectivity index (χ2n) is 3.06. The molecule has 1 unspecified atom stereocenters. The molecule has 7 heteroatoms. The van der Waals surface area contributed by atoms with Crippen LogP contribution >= 0.6 is 23.2 Å². The molecule has 0 radical (unpaired) electrons. The second-order valence-corrected chi connectivity index (χ2v) is 3.87. The lowest BCUT2D eigenvalue weighted by Gasteiger charge is -2.25. The molecule has 1 amide bonds. The summed E-state index contributed by atoms with van der Waals surface area (Å²) in [6.45, 7) is 0.194. The maximum Gasteiger partial charge on any atom is 0.295 e. The zero-order valence-corrected chi connectivity index (χ0v) is 9.30. The Morgan fingerprint density at radius 3 is 2.50 bits per heavy atom. The number of carbonyl (C=O) groups excluding carboxylic acids is 2. The van der Waals surface area contributed by atoms with Gasteiger partial charge in [-0.05, 0) is 12.1 Å². The third-order valence-corrected chi connectivity index (χ3v) is 2.76. The first-order valence-corrected chi connectivity index (χ1v) is 5.03. The van der Waals surface area contributed by atoms with Crippen LogP contribution in [0.2, 0.25) is 10.0 Å². The van der Waals surface area contributed by atoms with Crippen LogP contribution in [0.15, 0.2) is 12.1 Å². The highest BCUT2D eigenvalue weighted by atomic mass is 35.5. The molecule has 0 fully saturated rings. The first-order valence-electron chi connectivity index (χ1n) is 4.27. The molecule has 0 spiro atoms. The third-order valence-electron chi connectivity index (χ3n) is 2.03. The summed E-state index contributed by atoms with van der Waals surface area (Å²) >= 11 is 11.6. The van der Waals surface area contributed by atoms with Crippen molar-refractivity contribution in [1.29, 1.82) is 0 Å². The molecule has 1 aromatic carbocycles. The van der Waals surface area contributed by atoms with Gasteiger partial charge in [0.25, 0.3) is 18.6 Å². The van der Waals surface area contributed by atoms with E-state index >= 15 is 0 Å². The van der Waals surface area contributed by atoms with Crippen molar-refractivity contribution in [2.45, 2.75) is 6.23 Å². The SMILES string of the molecule is O=COC1Nc2cc(Cl)c(Cl)cc2NC1=O. The molecule has 1 aliphatic heterocycles. The van der Waals surface area contributed by atoms with Gasteiger partial charge in [0.1, 0.15) is 0 Å². The fourth-order valence-electron chi connectivity index (χ4n) is 1.33. The molecule has 16 heavy (non-hydrogen) atoms. The smallest absolute Gasteiger partial charge is 0.295 e. The van der Waals surface area contributed by atoms with Gasteiger partial charge in [0.05, 0.1) is 21.4 Å². The quantitative estimate of drug-likeness (QED) is 0.797. The van der Waals surface area contributed by atoms with Gasteiger partial charge >= 0.3 is 0 Å². The highest BCUT2D eigenvalue weighted by molar-refractivity contribution is 6.42. The zero-order chi connectivity index (χ0) is 11.7. The number of ether oxygens (including phenoxy) is 1. The Morgan fingerprint density at radius 2 is 1.88 bits per heavy atom. The highest BCUT2D eigenvalue weighted by Crippen LogP contribution is 2.34. The number of nitrogens with one attached hydrogen (secondary N) is 2. The summed E-state index contributed by atoms with van der Waals surface area (Å²) in [4.78, 5) is 21.6. The molecule has 1 aromatic rings. The van der Waals surface area contributed by atoms with E-state index in [1.165, 1.54) is 6.07 Å². The molecule has 0 saturated carbocycles. The largest absolute Gasteiger partial charge is 0.434 e. The molecule has 5 nitrogen and oxygen atoms in total. The molecular weight excluding hydrogens is 255 g/mol. The Kier molecular flexibility index (Phi) is 2.89. The second kappa shape index (κ2) is 4.19. The molecule has 0 aliphatic carbocycles. The minimum Gasteiger partial charge on any atom is -0.434 e. The molecule has 2 N–H and O–H groups in total. The molecular formula is C9H6Cl2N2O3. The fourth-order valence-corrected chi connectivity index (χ4v) is 1.65. The van der Waals surface area contributed by atoms with E-state index in [2.05, 4.69) is 15.4 Å². The summed E-state index contributed by atoms with van der Waals surface area (Å²) in [5.74, 6) is -0.474. The number of hydrogen-bond acceptors (Lipinski definition) is 4. The van der Waals surface area contributed by atoms with Gasteiger partial charge in [-0.15, -0.1) is 0 Å². The first kappa shape index (κ1) is 11.0. The van der Waals surface area contributed by atoms with Gasteiger partial charge < -0.3 is 15.4 Å². The molecule has 84 valence electrons. The maximum atomic E-state index is 11.4. The maximum absolute atomic E-state index is 11.4. The summed E-state index contributed by atoms with van der Waals surface area (Å²) in [5, 5.41) is 5.91. The van der Waals surface area contributed by atoms with Gasteiger partial charge in [-0.3, -0.25) is 9.59 Å². The predicted molar refractivity (Wildman–Crippen MR) is 59.7 cm³/mol. The normalized spacial score (nSPS) is 18.1. The van der Waals surface area contributed by atoms with Crippen molar-refractivity contribution >= 4 is 47.0 Å². The molecule has 2 rings (SSSR count). The van der Waals surface area contributed by atoms with Crippen molar-refractivity contribution in [3.63, 3.8) is 0 Å². The molecule has 0 saturated heterocycles. The summed E-state index contributed by atoms with van der Waals surface area (Å²) in [6.07, 6.45) is -1.05. The van der Waals surface area contributed by atoms with E-state index in [9.17, 15) is 9.59 Å². The Balaban J connectivity index is 2.35. The van der Waals surface area contributed by atoms with Crippen LogP contribution in [0.1, 0.15) is 0 Å². The highest BCUT2D eigenvalue weighted by Gasteiger charge is 2.27. The van der Waals surface area contributed by atoms with E-state index in [1.807, 2.05) is 0 Å². The van der Waals surface area contributed by atoms with Crippen LogP contribution < -0.4 is 10.6 Å². The lowest BCUT2D eigenvalue weighted by atomic mass is 10.2. The van der Waals surface area contributed by atoms with Gasteiger partial charge in [0, 0.05) is 0 Å². The number of rotatable bonds is 2. The van der Waals surface area contributed by atoms with Gasteiger partial charge in [0.15, 0.2) is 0 Å². The van der Waals surface area contributed by atoms with Crippen molar-refractivity contribution < 1.29 is 14.3 Å². The van der Waals surface area contributed by atoms with Crippen LogP contribution in [0.5, 0.6) is 0 Å². The number of benzene rings is 1. The average Bonchev–Trinajstić information content (AvgIpc) is 2.23. The number of anilines is 2. The van der Waals surface area contributed by atoms with Crippen LogP contribution in [0.3, 0.4) is 0 Å². The molecule has 0 aromatic heterocycles. The molecule has 1 atom stereocenters. The number of fused-ring (bicyclic) bond motifs is 1. The van der Waals surface area contributed by atoms with E-state index in [-0.39, 0.29) is 6.47 Å². The average molecular weight is 261 g/mol. The molecule has 1 aliphatic rings. The molecule has 0 bridgehead atoms. The van der Waals surface area contributed by atoms with Gasteiger partial charge in [-0.25, -0.2) is 0 Å². The minimum atomic E-state index is -1.05. The lowest BCUT2D eigenvalue weighted by Crippen LogP contribution is -2.40. The third kappa shape index (κ3) is 1.91. The number of halogens is 2. The monoisotopic (exact) mass is 260 g/mol. The fraction of sp³-hybridized carbons (Fsp3) is 0.111. The van der Waals surface area contributed by atoms with Crippen LogP contribution in [-0.4, -0.2) is 18.6 Å². The van der Waals surface area contributed by atoms with Crippen LogP contribution in [-0.2, 0) is 14.3 Å². The van der Waals surface area contributed by atoms with E-state index < -0.39 is 12.1 Å². The van der Waals surface area contributed by atoms with Crippen molar-refractivity contribution in [2.75, 3.05) is 10.6 Å². The summed E-state index contributed by atoms with van der Waals surface area (Å²) in [7, 11) is 0. The van der Waals surface area contributed by atoms with E-state index in [0.717, 1.165) is 0 Å². The Morgan fingerprint density at radius 1 is 1.25 bits per heavy atom. The minimum absolute atomic E-state index is 0.194. The topological polar surface area (TPSA) is 67.4 Å². The van der Waals surface area contributed by atoms with E-state index in [0.29, 0.717) is 21.4 Å². The number of amides is 1. The summed E-state index contributed by atoms with van der Waals surface area (Å²) in [6, 6.07) is 3.06. The summed E-state index contributed by atoms with van der Waals surface area (Å²) in [5.41, 5.74) is 1.03. The van der Waals surface area contributed by atoms with E-state index in [1.54, 1.807) is 6.07 Å². The lowest BCUT2D eigenvalue weighted by molar-refractivity contribution is -0.140. The Bertz CT molecular complexity index is 464. The Hall–Kier alpha value is -1.46. The summed E-state index contributed by atoms with van der Waals surface area (Å²) < 4.78 is 4.54. The van der Waals surface area contributed by atoms with Gasteiger partial charge in [0.2, 0.25) is 0 Å². The van der Waals surface area contributed by atoms with Crippen LogP contribution in [0.25, 0.3) is 0 Å². The van der Waals surface area contributed by atoms with Crippen molar-refractivity contribution in [1.82, 2.24) is 0 Å². The zero-order valence-electron chi connectivity index (χ0n) is 7.79. The Labute approximate surface area is 101 Å². The first-order chi connectivity index (χ1) is 7.61. The molecule has 1 heterocycles. The van der Waals surface area contributed by atoms with Crippen molar-refractivity contribution in [3.8, 4) is 0 Å². The van der Waals surface area contributed by atoms with Crippen LogP contribution in [0, 0.1) is 0 Å². The van der Waals surface area contributed by atoms with Gasteiger partial charge in [-0.1, -0.05) is 23.2 Å². The number of hydrogen-bond donors (Lipinski definition) is 2. The predicted octanol–water partition coefficient (Wildman–Crippen LogP) is 1.86.